The molecule has 0 amide bonds. The molecule has 2 aliphatic carbocycles. The van der Waals surface area contributed by atoms with Crippen molar-refractivity contribution < 1.29 is 13.2 Å². The van der Waals surface area contributed by atoms with Crippen LogP contribution in [0.3, 0.4) is 0 Å². The second-order valence-corrected chi connectivity index (χ2v) is 9.26. The molecule has 0 spiro atoms. The summed E-state index contributed by atoms with van der Waals surface area (Å²) in [6, 6.07) is 0. The summed E-state index contributed by atoms with van der Waals surface area (Å²) in [5.74, 6) is 0.210. The van der Waals surface area contributed by atoms with Crippen LogP contribution in [0.2, 0.25) is 0 Å². The Kier molecular flexibility index (Phi) is 3.02. The summed E-state index contributed by atoms with van der Waals surface area (Å²) >= 11 is 0. The first-order valence-electron chi connectivity index (χ1n) is 6.29. The van der Waals surface area contributed by atoms with E-state index in [2.05, 4.69) is 12.7 Å². The zero-order valence-corrected chi connectivity index (χ0v) is 12.4. The van der Waals surface area contributed by atoms with Gasteiger partial charge in [0.05, 0.1) is 11.4 Å². The molecule has 0 aliphatic heterocycles. The molecule has 102 valence electrons. The fourth-order valence-corrected chi connectivity index (χ4v) is 5.70. The lowest BCUT2D eigenvalue weighted by atomic mass is 9.89. The Balaban J connectivity index is 2.61. The summed E-state index contributed by atoms with van der Waals surface area (Å²) in [5, 5.41) is 0. The van der Waals surface area contributed by atoms with Crippen molar-refractivity contribution in [3.8, 4) is 0 Å². The van der Waals surface area contributed by atoms with Crippen LogP contribution in [0.25, 0.3) is 0 Å². The maximum Gasteiger partial charge on any atom is 0.167 e. The molecule has 0 aromatic carbocycles. The van der Waals surface area contributed by atoms with E-state index in [0.717, 1.165) is 12.0 Å². The molecule has 0 aromatic heterocycles. The first kappa shape index (κ1) is 13.8. The van der Waals surface area contributed by atoms with Gasteiger partial charge in [0.15, 0.2) is 9.84 Å². The van der Waals surface area contributed by atoms with E-state index in [1.165, 1.54) is 0 Å². The van der Waals surface area contributed by atoms with Gasteiger partial charge < -0.3 is 4.74 Å². The van der Waals surface area contributed by atoms with Crippen molar-refractivity contribution in [2.75, 3.05) is 13.7 Å². The quantitative estimate of drug-likeness (QED) is 0.739. The van der Waals surface area contributed by atoms with Crippen molar-refractivity contribution >= 4 is 9.84 Å². The van der Waals surface area contributed by atoms with Crippen molar-refractivity contribution in [3.05, 3.63) is 24.3 Å². The third-order valence-electron chi connectivity index (χ3n) is 4.32. The lowest BCUT2D eigenvalue weighted by molar-refractivity contribution is 0.164. The van der Waals surface area contributed by atoms with Gasteiger partial charge in [0.1, 0.15) is 4.75 Å². The Labute approximate surface area is 110 Å². The minimum Gasteiger partial charge on any atom is -0.383 e. The van der Waals surface area contributed by atoms with Crippen LogP contribution in [-0.4, -0.2) is 31.6 Å². The van der Waals surface area contributed by atoms with E-state index in [4.69, 9.17) is 4.74 Å². The van der Waals surface area contributed by atoms with Crippen LogP contribution in [-0.2, 0) is 14.6 Å². The van der Waals surface area contributed by atoms with Crippen molar-refractivity contribution in [1.29, 1.82) is 0 Å². The van der Waals surface area contributed by atoms with Crippen LogP contribution in [0.1, 0.15) is 27.2 Å². The van der Waals surface area contributed by atoms with Gasteiger partial charge in [0, 0.05) is 13.0 Å². The Morgan fingerprint density at radius 1 is 1.44 bits per heavy atom. The molecule has 4 heteroatoms. The molecule has 0 aromatic rings. The summed E-state index contributed by atoms with van der Waals surface area (Å²) < 4.78 is 29.5. The molecule has 2 aliphatic rings. The molecular weight excluding hydrogens is 248 g/mol. The summed E-state index contributed by atoms with van der Waals surface area (Å²) in [5.41, 5.74) is 0.812. The predicted octanol–water partition coefficient (Wildman–Crippen LogP) is 2.35. The van der Waals surface area contributed by atoms with Crippen molar-refractivity contribution in [2.45, 2.75) is 36.7 Å². The van der Waals surface area contributed by atoms with Crippen LogP contribution < -0.4 is 0 Å². The third kappa shape index (κ3) is 1.48. The highest BCUT2D eigenvalue weighted by molar-refractivity contribution is 7.94. The van der Waals surface area contributed by atoms with Gasteiger partial charge in [-0.15, -0.1) is 0 Å². The highest BCUT2D eigenvalue weighted by Crippen LogP contribution is 2.55. The van der Waals surface area contributed by atoms with Crippen LogP contribution in [0.4, 0.5) is 0 Å². The molecule has 2 rings (SSSR count). The molecule has 1 fully saturated rings. The predicted molar refractivity (Wildman–Crippen MR) is 73.2 cm³/mol. The van der Waals surface area contributed by atoms with Gasteiger partial charge in [-0.25, -0.2) is 8.42 Å². The monoisotopic (exact) mass is 270 g/mol. The van der Waals surface area contributed by atoms with E-state index < -0.39 is 19.3 Å². The number of methoxy groups -OCH3 is 1. The highest BCUT2D eigenvalue weighted by Gasteiger charge is 2.62. The maximum atomic E-state index is 13.0. The molecule has 3 nitrogen and oxygen atoms in total. The number of sulfone groups is 1. The number of hydrogen-bond acceptors (Lipinski definition) is 3. The average Bonchev–Trinajstić information content (AvgIpc) is 2.79. The average molecular weight is 270 g/mol. The first-order chi connectivity index (χ1) is 8.18. The number of rotatable bonds is 3. The van der Waals surface area contributed by atoms with Crippen molar-refractivity contribution in [3.63, 3.8) is 0 Å². The zero-order chi connectivity index (χ0) is 13.8. The second kappa shape index (κ2) is 3.94. The Morgan fingerprint density at radius 3 is 2.44 bits per heavy atom. The molecular formula is C14H22O3S. The zero-order valence-electron chi connectivity index (χ0n) is 11.6. The van der Waals surface area contributed by atoms with E-state index in [-0.39, 0.29) is 18.4 Å². The molecule has 1 saturated carbocycles. The Hall–Kier alpha value is -0.610. The smallest absolute Gasteiger partial charge is 0.167 e. The lowest BCUT2D eigenvalue weighted by Crippen LogP contribution is -2.54. The second-order valence-electron chi connectivity index (χ2n) is 6.30. The van der Waals surface area contributed by atoms with Gasteiger partial charge in [0.2, 0.25) is 0 Å². The van der Waals surface area contributed by atoms with Crippen molar-refractivity contribution in [1.82, 2.24) is 0 Å². The number of fused-ring (bicyclic) bond motifs is 2. The molecule has 0 unspecified atom stereocenters. The van der Waals surface area contributed by atoms with E-state index in [1.54, 1.807) is 27.9 Å². The topological polar surface area (TPSA) is 43.4 Å². The van der Waals surface area contributed by atoms with E-state index in [1.807, 2.05) is 6.08 Å². The van der Waals surface area contributed by atoms with E-state index in [0.29, 0.717) is 0 Å². The molecule has 3 atom stereocenters. The summed E-state index contributed by atoms with van der Waals surface area (Å²) in [6.45, 7) is 9.54. The summed E-state index contributed by atoms with van der Waals surface area (Å²) in [7, 11) is -1.80. The summed E-state index contributed by atoms with van der Waals surface area (Å²) in [6.07, 6.45) is 4.97. The molecule has 2 bridgehead atoms. The first-order valence-corrected chi connectivity index (χ1v) is 7.77. The third-order valence-corrected chi connectivity index (χ3v) is 7.57. The van der Waals surface area contributed by atoms with E-state index in [9.17, 15) is 8.42 Å². The van der Waals surface area contributed by atoms with Crippen LogP contribution >= 0.6 is 0 Å². The van der Waals surface area contributed by atoms with E-state index >= 15 is 0 Å². The van der Waals surface area contributed by atoms with Crippen LogP contribution in [0.15, 0.2) is 24.3 Å². The standard InChI is InChI=1S/C14H22O3S/c1-10-11-6-7-12(8-11)14(10,9-17-5)18(15,16)13(2,3)4/h6-7,11-12H,1,8-9H2,2-5H3/t11-,12+,14+/m0/s1. The minimum atomic E-state index is -3.36. The maximum absolute atomic E-state index is 13.0. The number of allylic oxidation sites excluding steroid dienone is 2. The van der Waals surface area contributed by atoms with Crippen LogP contribution in [0, 0.1) is 11.8 Å². The van der Waals surface area contributed by atoms with Gasteiger partial charge in [-0.1, -0.05) is 18.7 Å². The highest BCUT2D eigenvalue weighted by atomic mass is 32.2. The molecule has 0 radical (unpaired) electrons. The lowest BCUT2D eigenvalue weighted by Gasteiger charge is -2.40. The fourth-order valence-electron chi connectivity index (χ4n) is 3.27. The van der Waals surface area contributed by atoms with Gasteiger partial charge in [-0.05, 0) is 38.7 Å². The number of hydrogen-bond donors (Lipinski definition) is 0. The Bertz CT molecular complexity index is 496. The van der Waals surface area contributed by atoms with Gasteiger partial charge in [-0.2, -0.15) is 0 Å². The van der Waals surface area contributed by atoms with Gasteiger partial charge >= 0.3 is 0 Å². The molecule has 18 heavy (non-hydrogen) atoms. The van der Waals surface area contributed by atoms with Gasteiger partial charge in [0.25, 0.3) is 0 Å². The fraction of sp³-hybridized carbons (Fsp3) is 0.714. The largest absolute Gasteiger partial charge is 0.383 e. The number of ether oxygens (including phenoxy) is 1. The van der Waals surface area contributed by atoms with Crippen molar-refractivity contribution in [2.24, 2.45) is 11.8 Å². The normalized spacial score (nSPS) is 35.4. The summed E-state index contributed by atoms with van der Waals surface area (Å²) in [4.78, 5) is 0. The molecule has 0 saturated heterocycles. The molecule has 0 heterocycles. The minimum absolute atomic E-state index is 0.0131. The molecule has 0 N–H and O–H groups in total. The van der Waals surface area contributed by atoms with Gasteiger partial charge in [-0.3, -0.25) is 0 Å². The Morgan fingerprint density at radius 2 is 2.06 bits per heavy atom. The van der Waals surface area contributed by atoms with Crippen LogP contribution in [0.5, 0.6) is 0 Å². The SMILES string of the molecule is C=C1[C@H]2C=C[C@H](C2)[C@]1(COC)S(=O)(=O)C(C)(C)C.